The molecule has 0 spiro atoms. The first-order valence-electron chi connectivity index (χ1n) is 5.36. The molecule has 1 aromatic heterocycles. The van der Waals surface area contributed by atoms with Crippen LogP contribution in [-0.2, 0) is 0 Å². The van der Waals surface area contributed by atoms with Crippen LogP contribution in [0.25, 0.3) is 11.0 Å². The number of fused-ring (bicyclic) bond motifs is 1. The standard InChI is InChI=1S/C13H8BrN3O/c14-10-7-5-9(6-8-10)13(18)17-12-4-2-1-3-11(12)15-16-17/h1-8H. The summed E-state index contributed by atoms with van der Waals surface area (Å²) in [6.07, 6.45) is 0. The maximum atomic E-state index is 12.3. The van der Waals surface area contributed by atoms with Crippen LogP contribution in [-0.4, -0.2) is 20.9 Å². The lowest BCUT2D eigenvalue weighted by molar-refractivity contribution is 0.0948. The average Bonchev–Trinajstić information content (AvgIpc) is 2.82. The van der Waals surface area contributed by atoms with Gasteiger partial charge in [-0.05, 0) is 36.4 Å². The van der Waals surface area contributed by atoms with Crippen LogP contribution in [0.5, 0.6) is 0 Å². The molecule has 5 heteroatoms. The molecule has 0 saturated carbocycles. The molecule has 4 nitrogen and oxygen atoms in total. The van der Waals surface area contributed by atoms with Gasteiger partial charge >= 0.3 is 0 Å². The molecular formula is C13H8BrN3O. The molecular weight excluding hydrogens is 294 g/mol. The molecule has 88 valence electrons. The van der Waals surface area contributed by atoms with Gasteiger partial charge in [0.15, 0.2) is 0 Å². The zero-order chi connectivity index (χ0) is 12.5. The molecule has 18 heavy (non-hydrogen) atoms. The second kappa shape index (κ2) is 4.34. The quantitative estimate of drug-likeness (QED) is 0.694. The van der Waals surface area contributed by atoms with Crippen LogP contribution < -0.4 is 0 Å². The molecule has 0 unspecified atom stereocenters. The summed E-state index contributed by atoms with van der Waals surface area (Å²) in [7, 11) is 0. The van der Waals surface area contributed by atoms with Crippen molar-refractivity contribution in [2.24, 2.45) is 0 Å². The number of aromatic nitrogens is 3. The Hall–Kier alpha value is -2.01. The number of nitrogens with zero attached hydrogens (tertiary/aromatic N) is 3. The van der Waals surface area contributed by atoms with Gasteiger partial charge in [-0.1, -0.05) is 33.3 Å². The fourth-order valence-electron chi connectivity index (χ4n) is 1.73. The molecule has 0 aliphatic rings. The monoisotopic (exact) mass is 301 g/mol. The summed E-state index contributed by atoms with van der Waals surface area (Å²) in [5, 5.41) is 7.87. The van der Waals surface area contributed by atoms with Crippen LogP contribution >= 0.6 is 15.9 Å². The predicted octanol–water partition coefficient (Wildman–Crippen LogP) is 2.88. The first kappa shape index (κ1) is 11.1. The highest BCUT2D eigenvalue weighted by Gasteiger charge is 2.13. The lowest BCUT2D eigenvalue weighted by Crippen LogP contribution is -2.13. The number of hydrogen-bond donors (Lipinski definition) is 0. The number of rotatable bonds is 1. The second-order valence-electron chi connectivity index (χ2n) is 3.80. The maximum Gasteiger partial charge on any atom is 0.280 e. The van der Waals surface area contributed by atoms with E-state index in [4.69, 9.17) is 0 Å². The Morgan fingerprint density at radius 1 is 1.06 bits per heavy atom. The SMILES string of the molecule is O=C(c1ccc(Br)cc1)n1nnc2ccccc21. The Labute approximate surface area is 111 Å². The summed E-state index contributed by atoms with van der Waals surface area (Å²) in [6.45, 7) is 0. The van der Waals surface area contributed by atoms with E-state index >= 15 is 0 Å². The molecule has 0 bridgehead atoms. The maximum absolute atomic E-state index is 12.3. The van der Waals surface area contributed by atoms with Crippen LogP contribution in [0.3, 0.4) is 0 Å². The molecule has 2 aromatic carbocycles. The van der Waals surface area contributed by atoms with Crippen molar-refractivity contribution in [3.05, 3.63) is 58.6 Å². The molecule has 0 saturated heterocycles. The van der Waals surface area contributed by atoms with E-state index in [2.05, 4.69) is 26.2 Å². The van der Waals surface area contributed by atoms with E-state index in [0.29, 0.717) is 16.6 Å². The van der Waals surface area contributed by atoms with E-state index < -0.39 is 0 Å². The molecule has 0 N–H and O–H groups in total. The van der Waals surface area contributed by atoms with Gasteiger partial charge in [-0.2, -0.15) is 4.68 Å². The summed E-state index contributed by atoms with van der Waals surface area (Å²) < 4.78 is 2.25. The van der Waals surface area contributed by atoms with Crippen molar-refractivity contribution in [1.29, 1.82) is 0 Å². The van der Waals surface area contributed by atoms with E-state index in [1.807, 2.05) is 36.4 Å². The Bertz CT molecular complexity index is 718. The minimum Gasteiger partial charge on any atom is -0.267 e. The second-order valence-corrected chi connectivity index (χ2v) is 4.72. The first-order valence-corrected chi connectivity index (χ1v) is 6.16. The van der Waals surface area contributed by atoms with Gasteiger partial charge in [0.25, 0.3) is 5.91 Å². The molecule has 0 radical (unpaired) electrons. The number of carbonyl (C=O) groups excluding carboxylic acids is 1. The highest BCUT2D eigenvalue weighted by Crippen LogP contribution is 2.14. The fraction of sp³-hybridized carbons (Fsp3) is 0. The van der Waals surface area contributed by atoms with Crippen molar-refractivity contribution in [2.45, 2.75) is 0 Å². The van der Waals surface area contributed by atoms with Gasteiger partial charge in [-0.3, -0.25) is 4.79 Å². The van der Waals surface area contributed by atoms with E-state index in [9.17, 15) is 4.79 Å². The third-order valence-electron chi connectivity index (χ3n) is 2.64. The summed E-state index contributed by atoms with van der Waals surface area (Å²) in [5.74, 6) is -0.184. The van der Waals surface area contributed by atoms with Gasteiger partial charge < -0.3 is 0 Å². The van der Waals surface area contributed by atoms with Crippen LogP contribution in [0, 0.1) is 0 Å². The number of halogens is 1. The third-order valence-corrected chi connectivity index (χ3v) is 3.16. The van der Waals surface area contributed by atoms with Crippen LogP contribution in [0.15, 0.2) is 53.0 Å². The highest BCUT2D eigenvalue weighted by molar-refractivity contribution is 9.10. The first-order chi connectivity index (χ1) is 8.75. The number of benzene rings is 2. The molecule has 0 amide bonds. The fourth-order valence-corrected chi connectivity index (χ4v) is 2.00. The topological polar surface area (TPSA) is 47.8 Å². The van der Waals surface area contributed by atoms with E-state index in [1.165, 1.54) is 4.68 Å². The molecule has 3 aromatic rings. The molecule has 0 fully saturated rings. The van der Waals surface area contributed by atoms with E-state index in [-0.39, 0.29) is 5.91 Å². The zero-order valence-corrected chi connectivity index (χ0v) is 10.8. The summed E-state index contributed by atoms with van der Waals surface area (Å²) in [4.78, 5) is 12.3. The van der Waals surface area contributed by atoms with Crippen LogP contribution in [0.1, 0.15) is 10.4 Å². The van der Waals surface area contributed by atoms with Crippen LogP contribution in [0.4, 0.5) is 0 Å². The minimum absolute atomic E-state index is 0.184. The largest absolute Gasteiger partial charge is 0.280 e. The van der Waals surface area contributed by atoms with Gasteiger partial charge in [0.05, 0.1) is 5.52 Å². The average molecular weight is 302 g/mol. The van der Waals surface area contributed by atoms with Crippen molar-refractivity contribution >= 4 is 32.9 Å². The predicted molar refractivity (Wildman–Crippen MR) is 71.4 cm³/mol. The van der Waals surface area contributed by atoms with E-state index in [0.717, 1.165) is 4.47 Å². The number of para-hydroxylation sites is 1. The molecule has 0 atom stereocenters. The summed E-state index contributed by atoms with van der Waals surface area (Å²) >= 11 is 3.34. The lowest BCUT2D eigenvalue weighted by Gasteiger charge is -2.01. The van der Waals surface area contributed by atoms with Crippen molar-refractivity contribution < 1.29 is 4.79 Å². The van der Waals surface area contributed by atoms with Crippen LogP contribution in [0.2, 0.25) is 0 Å². The van der Waals surface area contributed by atoms with Gasteiger partial charge in [0.1, 0.15) is 5.52 Å². The molecule has 1 heterocycles. The number of carbonyl (C=O) groups is 1. The number of hydrogen-bond acceptors (Lipinski definition) is 3. The van der Waals surface area contributed by atoms with Gasteiger partial charge in [0.2, 0.25) is 0 Å². The molecule has 0 aliphatic carbocycles. The summed E-state index contributed by atoms with van der Waals surface area (Å²) in [6, 6.07) is 14.5. The van der Waals surface area contributed by atoms with Crippen molar-refractivity contribution in [3.8, 4) is 0 Å². The lowest BCUT2D eigenvalue weighted by atomic mass is 10.2. The Balaban J connectivity index is 2.09. The zero-order valence-electron chi connectivity index (χ0n) is 9.25. The summed E-state index contributed by atoms with van der Waals surface area (Å²) in [5.41, 5.74) is 2.00. The van der Waals surface area contributed by atoms with Crippen molar-refractivity contribution in [3.63, 3.8) is 0 Å². The normalized spacial score (nSPS) is 10.7. The Kier molecular flexibility index (Phi) is 2.68. The van der Waals surface area contributed by atoms with Gasteiger partial charge in [-0.15, -0.1) is 5.10 Å². The minimum atomic E-state index is -0.184. The van der Waals surface area contributed by atoms with Gasteiger partial charge in [0, 0.05) is 10.0 Å². The molecule has 0 aliphatic heterocycles. The smallest absolute Gasteiger partial charge is 0.267 e. The third kappa shape index (κ3) is 1.82. The molecule has 3 rings (SSSR count). The highest BCUT2D eigenvalue weighted by atomic mass is 79.9. The Morgan fingerprint density at radius 2 is 1.78 bits per heavy atom. The van der Waals surface area contributed by atoms with Crippen molar-refractivity contribution in [1.82, 2.24) is 15.0 Å². The van der Waals surface area contributed by atoms with E-state index in [1.54, 1.807) is 12.1 Å². The Morgan fingerprint density at radius 3 is 2.56 bits per heavy atom. The van der Waals surface area contributed by atoms with Gasteiger partial charge in [-0.25, -0.2) is 0 Å². The van der Waals surface area contributed by atoms with Crippen molar-refractivity contribution in [2.75, 3.05) is 0 Å².